The van der Waals surface area contributed by atoms with Crippen molar-refractivity contribution in [3.8, 4) is 5.75 Å². The van der Waals surface area contributed by atoms with Crippen molar-refractivity contribution in [2.45, 2.75) is 38.0 Å². The largest absolute Gasteiger partial charge is 0.508 e. The number of aryl methyl sites for hydroxylation is 1. The van der Waals surface area contributed by atoms with Gasteiger partial charge in [-0.25, -0.2) is 0 Å². The summed E-state index contributed by atoms with van der Waals surface area (Å²) < 4.78 is 0. The smallest absolute Gasteiger partial charge is 0.251 e. The Balaban J connectivity index is 1.91. The van der Waals surface area contributed by atoms with Gasteiger partial charge in [0, 0.05) is 17.5 Å². The Bertz CT molecular complexity index is 461. The SMILES string of the molecule is Cc1ccc(C(=O)NCC2CCCCC2Cl)cc1O. The number of aromatic hydroxyl groups is 1. The molecule has 1 saturated carbocycles. The highest BCUT2D eigenvalue weighted by Gasteiger charge is 2.23. The lowest BCUT2D eigenvalue weighted by Crippen LogP contribution is -2.34. The van der Waals surface area contributed by atoms with Gasteiger partial charge in [0.15, 0.2) is 0 Å². The zero-order chi connectivity index (χ0) is 13.8. The van der Waals surface area contributed by atoms with E-state index in [1.165, 1.54) is 18.9 Å². The second-order valence-electron chi connectivity index (χ2n) is 5.27. The van der Waals surface area contributed by atoms with E-state index in [0.717, 1.165) is 18.4 Å². The number of nitrogens with one attached hydrogen (secondary N) is 1. The van der Waals surface area contributed by atoms with Gasteiger partial charge in [0.2, 0.25) is 0 Å². The fourth-order valence-corrected chi connectivity index (χ4v) is 2.84. The highest BCUT2D eigenvalue weighted by Crippen LogP contribution is 2.28. The molecule has 2 atom stereocenters. The maximum atomic E-state index is 12.0. The lowest BCUT2D eigenvalue weighted by Gasteiger charge is -2.27. The molecule has 104 valence electrons. The zero-order valence-electron chi connectivity index (χ0n) is 11.2. The number of amides is 1. The molecule has 0 bridgehead atoms. The van der Waals surface area contributed by atoms with E-state index in [2.05, 4.69) is 5.32 Å². The fourth-order valence-electron chi connectivity index (χ4n) is 2.47. The number of halogens is 1. The molecule has 0 aromatic heterocycles. The number of carbonyl (C=O) groups excluding carboxylic acids is 1. The second kappa shape index (κ2) is 6.29. The molecule has 1 aromatic carbocycles. The summed E-state index contributed by atoms with van der Waals surface area (Å²) in [5.74, 6) is 0.365. The molecule has 1 aromatic rings. The Labute approximate surface area is 119 Å². The topological polar surface area (TPSA) is 49.3 Å². The van der Waals surface area contributed by atoms with Gasteiger partial charge in [-0.2, -0.15) is 0 Å². The minimum absolute atomic E-state index is 0.148. The number of hydrogen-bond acceptors (Lipinski definition) is 2. The van der Waals surface area contributed by atoms with Gasteiger partial charge >= 0.3 is 0 Å². The van der Waals surface area contributed by atoms with Crippen molar-refractivity contribution in [3.63, 3.8) is 0 Å². The van der Waals surface area contributed by atoms with Crippen LogP contribution in [0.2, 0.25) is 0 Å². The first-order chi connectivity index (χ1) is 9.08. The predicted molar refractivity (Wildman–Crippen MR) is 76.8 cm³/mol. The van der Waals surface area contributed by atoms with Crippen molar-refractivity contribution in [2.75, 3.05) is 6.54 Å². The van der Waals surface area contributed by atoms with Crippen LogP contribution in [-0.2, 0) is 0 Å². The Morgan fingerprint density at radius 1 is 1.42 bits per heavy atom. The van der Waals surface area contributed by atoms with E-state index >= 15 is 0 Å². The van der Waals surface area contributed by atoms with E-state index in [1.54, 1.807) is 19.1 Å². The summed E-state index contributed by atoms with van der Waals surface area (Å²) in [6, 6.07) is 4.97. The summed E-state index contributed by atoms with van der Waals surface area (Å²) in [6.07, 6.45) is 4.49. The van der Waals surface area contributed by atoms with Gasteiger partial charge in [-0.3, -0.25) is 4.79 Å². The van der Waals surface area contributed by atoms with E-state index in [0.29, 0.717) is 18.0 Å². The first-order valence-corrected chi connectivity index (χ1v) is 7.23. The molecule has 1 aliphatic carbocycles. The zero-order valence-corrected chi connectivity index (χ0v) is 11.9. The van der Waals surface area contributed by atoms with Gasteiger partial charge in [-0.15, -0.1) is 11.6 Å². The Hall–Kier alpha value is -1.22. The van der Waals surface area contributed by atoms with Crippen LogP contribution >= 0.6 is 11.6 Å². The van der Waals surface area contributed by atoms with Crippen LogP contribution in [-0.4, -0.2) is 22.9 Å². The van der Waals surface area contributed by atoms with E-state index in [9.17, 15) is 9.90 Å². The third kappa shape index (κ3) is 3.63. The molecule has 2 rings (SSSR count). The third-order valence-corrected chi connectivity index (χ3v) is 4.39. The minimum atomic E-state index is -0.148. The predicted octanol–water partition coefficient (Wildman–Crippen LogP) is 3.23. The van der Waals surface area contributed by atoms with Crippen molar-refractivity contribution in [2.24, 2.45) is 5.92 Å². The molecule has 2 unspecified atom stereocenters. The van der Waals surface area contributed by atoms with Gasteiger partial charge in [-0.1, -0.05) is 18.9 Å². The maximum absolute atomic E-state index is 12.0. The number of phenolic OH excluding ortho intramolecular Hbond substituents is 1. The van der Waals surface area contributed by atoms with Crippen LogP contribution in [0.5, 0.6) is 5.75 Å². The summed E-state index contributed by atoms with van der Waals surface area (Å²) >= 11 is 6.27. The number of benzene rings is 1. The molecule has 0 radical (unpaired) electrons. The van der Waals surface area contributed by atoms with Crippen molar-refractivity contribution < 1.29 is 9.90 Å². The lowest BCUT2D eigenvalue weighted by atomic mass is 9.88. The van der Waals surface area contributed by atoms with Crippen LogP contribution in [0, 0.1) is 12.8 Å². The Morgan fingerprint density at radius 3 is 2.84 bits per heavy atom. The number of hydrogen-bond donors (Lipinski definition) is 2. The van der Waals surface area contributed by atoms with E-state index < -0.39 is 0 Å². The normalized spacial score (nSPS) is 23.1. The van der Waals surface area contributed by atoms with Crippen molar-refractivity contribution >= 4 is 17.5 Å². The summed E-state index contributed by atoms with van der Waals surface area (Å²) in [5.41, 5.74) is 1.26. The lowest BCUT2D eigenvalue weighted by molar-refractivity contribution is 0.0943. The molecular formula is C15H20ClNO2. The molecule has 0 saturated heterocycles. The van der Waals surface area contributed by atoms with Crippen molar-refractivity contribution in [1.29, 1.82) is 0 Å². The highest BCUT2D eigenvalue weighted by atomic mass is 35.5. The second-order valence-corrected chi connectivity index (χ2v) is 5.83. The quantitative estimate of drug-likeness (QED) is 0.836. The summed E-state index contributed by atoms with van der Waals surface area (Å²) in [5, 5.41) is 12.7. The minimum Gasteiger partial charge on any atom is -0.508 e. The van der Waals surface area contributed by atoms with Gasteiger partial charge in [0.05, 0.1) is 0 Å². The average molecular weight is 282 g/mol. The molecule has 1 amide bonds. The molecule has 2 N–H and O–H groups in total. The van der Waals surface area contributed by atoms with E-state index in [1.807, 2.05) is 0 Å². The molecule has 0 aliphatic heterocycles. The van der Waals surface area contributed by atoms with Crippen LogP contribution in [0.1, 0.15) is 41.6 Å². The fraction of sp³-hybridized carbons (Fsp3) is 0.533. The molecule has 19 heavy (non-hydrogen) atoms. The average Bonchev–Trinajstić information content (AvgIpc) is 2.40. The highest BCUT2D eigenvalue weighted by molar-refractivity contribution is 6.20. The first kappa shape index (κ1) is 14.2. The van der Waals surface area contributed by atoms with E-state index in [4.69, 9.17) is 11.6 Å². The number of phenols is 1. The van der Waals surface area contributed by atoms with E-state index in [-0.39, 0.29) is 17.0 Å². The first-order valence-electron chi connectivity index (χ1n) is 6.80. The molecule has 1 fully saturated rings. The van der Waals surface area contributed by atoms with Gasteiger partial charge in [0.1, 0.15) is 5.75 Å². The Kier molecular flexibility index (Phi) is 4.70. The van der Waals surface area contributed by atoms with Gasteiger partial charge in [0.25, 0.3) is 5.91 Å². The van der Waals surface area contributed by atoms with Crippen LogP contribution in [0.3, 0.4) is 0 Å². The number of rotatable bonds is 3. The maximum Gasteiger partial charge on any atom is 0.251 e. The molecular weight excluding hydrogens is 262 g/mol. The number of alkyl halides is 1. The summed E-state index contributed by atoms with van der Waals surface area (Å²) in [4.78, 5) is 12.0. The van der Waals surface area contributed by atoms with Crippen LogP contribution < -0.4 is 5.32 Å². The molecule has 3 nitrogen and oxygen atoms in total. The Morgan fingerprint density at radius 2 is 2.16 bits per heavy atom. The van der Waals surface area contributed by atoms with Crippen LogP contribution in [0.25, 0.3) is 0 Å². The van der Waals surface area contributed by atoms with Gasteiger partial charge in [-0.05, 0) is 43.4 Å². The van der Waals surface area contributed by atoms with Crippen molar-refractivity contribution in [3.05, 3.63) is 29.3 Å². The third-order valence-electron chi connectivity index (χ3n) is 3.81. The summed E-state index contributed by atoms with van der Waals surface area (Å²) in [7, 11) is 0. The molecule has 0 heterocycles. The standard InChI is InChI=1S/C15H20ClNO2/c1-10-6-7-11(8-14(10)18)15(19)17-9-12-4-2-3-5-13(12)16/h6-8,12-13,18H,2-5,9H2,1H3,(H,17,19). The number of carbonyl (C=O) groups is 1. The van der Waals surface area contributed by atoms with Crippen LogP contribution in [0.4, 0.5) is 0 Å². The molecule has 1 aliphatic rings. The van der Waals surface area contributed by atoms with Crippen LogP contribution in [0.15, 0.2) is 18.2 Å². The van der Waals surface area contributed by atoms with Crippen molar-refractivity contribution in [1.82, 2.24) is 5.32 Å². The summed E-state index contributed by atoms with van der Waals surface area (Å²) in [6.45, 7) is 2.42. The monoisotopic (exact) mass is 281 g/mol. The molecule has 0 spiro atoms. The van der Waals surface area contributed by atoms with Gasteiger partial charge < -0.3 is 10.4 Å². The molecule has 4 heteroatoms.